The van der Waals surface area contributed by atoms with Crippen LogP contribution in [0.25, 0.3) is 0 Å². The molecule has 0 bridgehead atoms. The zero-order chi connectivity index (χ0) is 21.3. The fourth-order valence-electron chi connectivity index (χ4n) is 5.00. The summed E-state index contributed by atoms with van der Waals surface area (Å²) in [5.41, 5.74) is 1.49. The van der Waals surface area contributed by atoms with E-state index in [1.165, 1.54) is 21.5 Å². The van der Waals surface area contributed by atoms with Crippen molar-refractivity contribution < 1.29 is 4.74 Å². The summed E-state index contributed by atoms with van der Waals surface area (Å²) >= 11 is 8.35. The molecular weight excluding hydrogens is 531 g/mol. The average Bonchev–Trinajstić information content (AvgIpc) is 2.85. The molecule has 4 aromatic rings. The summed E-state index contributed by atoms with van der Waals surface area (Å²) in [5, 5.41) is 0.899. The van der Waals surface area contributed by atoms with Crippen LogP contribution in [0.3, 0.4) is 0 Å². The van der Waals surface area contributed by atoms with Crippen LogP contribution in [0.4, 0.5) is 0 Å². The standard InChI is InChI=1S/C27H23Br2OP/c28-21-16-17-26-25(20-21)27(18-19-30-26)31(29,22-10-4-1-5-11-22,23-12-6-2-7-13-23)24-14-8-3-9-15-24/h1-17,20,27H,18-19H2. The van der Waals surface area contributed by atoms with Crippen molar-refractivity contribution in [2.45, 2.75) is 12.1 Å². The predicted molar refractivity (Wildman–Crippen MR) is 141 cm³/mol. The molecule has 0 saturated carbocycles. The van der Waals surface area contributed by atoms with Gasteiger partial charge >= 0.3 is 201 Å². The van der Waals surface area contributed by atoms with E-state index in [4.69, 9.17) is 4.74 Å². The van der Waals surface area contributed by atoms with Gasteiger partial charge in [-0.1, -0.05) is 0 Å². The van der Waals surface area contributed by atoms with Crippen molar-refractivity contribution in [3.8, 4) is 5.75 Å². The van der Waals surface area contributed by atoms with Crippen LogP contribution in [0.15, 0.2) is 114 Å². The molecule has 0 aromatic heterocycles. The third-order valence-corrected chi connectivity index (χ3v) is 17.6. The molecule has 0 fully saturated rings. The molecule has 1 aliphatic rings. The number of hydrogen-bond acceptors (Lipinski definition) is 1. The number of benzene rings is 4. The molecule has 156 valence electrons. The van der Waals surface area contributed by atoms with Gasteiger partial charge in [0.25, 0.3) is 0 Å². The minimum absolute atomic E-state index is 0.236. The van der Waals surface area contributed by atoms with Gasteiger partial charge in [0, 0.05) is 0 Å². The Hall–Kier alpha value is -1.93. The van der Waals surface area contributed by atoms with Gasteiger partial charge in [-0.2, -0.15) is 0 Å². The number of ether oxygens (including phenoxy) is 1. The van der Waals surface area contributed by atoms with Crippen molar-refractivity contribution in [3.05, 3.63) is 119 Å². The predicted octanol–water partition coefficient (Wildman–Crippen LogP) is 7.11. The van der Waals surface area contributed by atoms with Gasteiger partial charge in [-0.05, 0) is 0 Å². The van der Waals surface area contributed by atoms with Crippen LogP contribution in [0.1, 0.15) is 17.6 Å². The van der Waals surface area contributed by atoms with Crippen molar-refractivity contribution >= 4 is 52.6 Å². The summed E-state index contributed by atoms with van der Waals surface area (Å²) in [6, 6.07) is 39.4. The number of fused-ring (bicyclic) bond motifs is 1. The van der Waals surface area contributed by atoms with Gasteiger partial charge in [0.1, 0.15) is 0 Å². The molecule has 1 unspecified atom stereocenters. The molecule has 0 aliphatic carbocycles. The molecule has 0 saturated heterocycles. The van der Waals surface area contributed by atoms with Gasteiger partial charge in [-0.15, -0.1) is 0 Å². The van der Waals surface area contributed by atoms with Crippen LogP contribution in [0.2, 0.25) is 0 Å². The SMILES string of the molecule is Brc1ccc2c(c1)C(P(Br)(c1ccccc1)(c1ccccc1)c1ccccc1)CCO2. The zero-order valence-electron chi connectivity index (χ0n) is 17.0. The van der Waals surface area contributed by atoms with Crippen LogP contribution in [0, 0.1) is 0 Å². The number of rotatable bonds is 4. The Morgan fingerprint density at radius 2 is 1.16 bits per heavy atom. The molecular formula is C27H23Br2OP. The van der Waals surface area contributed by atoms with Crippen LogP contribution < -0.4 is 20.7 Å². The fourth-order valence-corrected chi connectivity index (χ4v) is 14.3. The molecule has 1 atom stereocenters. The summed E-state index contributed by atoms with van der Waals surface area (Å²) in [5.74, 6) is 0.982. The molecule has 5 rings (SSSR count). The molecule has 4 aromatic carbocycles. The Kier molecular flexibility index (Phi) is 5.54. The topological polar surface area (TPSA) is 9.23 Å². The monoisotopic (exact) mass is 552 g/mol. The third-order valence-electron chi connectivity index (χ3n) is 6.35. The van der Waals surface area contributed by atoms with E-state index in [2.05, 4.69) is 141 Å². The second-order valence-corrected chi connectivity index (χ2v) is 17.6. The van der Waals surface area contributed by atoms with E-state index in [9.17, 15) is 0 Å². The quantitative estimate of drug-likeness (QED) is 0.245. The van der Waals surface area contributed by atoms with Gasteiger partial charge < -0.3 is 0 Å². The molecule has 0 spiro atoms. The first-order chi connectivity index (χ1) is 15.1. The van der Waals surface area contributed by atoms with E-state index < -0.39 is 5.31 Å². The van der Waals surface area contributed by atoms with Crippen molar-refractivity contribution in [1.29, 1.82) is 0 Å². The van der Waals surface area contributed by atoms with E-state index in [0.717, 1.165) is 16.6 Å². The minimum atomic E-state index is -3.11. The van der Waals surface area contributed by atoms with Crippen molar-refractivity contribution in [1.82, 2.24) is 0 Å². The van der Waals surface area contributed by atoms with Gasteiger partial charge in [0.2, 0.25) is 0 Å². The van der Waals surface area contributed by atoms with E-state index in [0.29, 0.717) is 6.61 Å². The summed E-state index contributed by atoms with van der Waals surface area (Å²) in [6.07, 6.45) is 0.936. The van der Waals surface area contributed by atoms with Gasteiger partial charge in [0.05, 0.1) is 0 Å². The second-order valence-electron chi connectivity index (χ2n) is 7.92. The maximum absolute atomic E-state index is 6.14. The Labute approximate surface area is 200 Å². The van der Waals surface area contributed by atoms with Gasteiger partial charge in [-0.25, -0.2) is 0 Å². The Balaban J connectivity index is 1.95. The fraction of sp³-hybridized carbons (Fsp3) is 0.111. The molecule has 0 N–H and O–H groups in total. The molecule has 1 nitrogen and oxygen atoms in total. The van der Waals surface area contributed by atoms with E-state index in [-0.39, 0.29) is 5.66 Å². The molecule has 4 heteroatoms. The third kappa shape index (κ3) is 3.21. The zero-order valence-corrected chi connectivity index (χ0v) is 21.1. The molecule has 1 heterocycles. The first-order valence-corrected chi connectivity index (χ1v) is 15.6. The van der Waals surface area contributed by atoms with Crippen molar-refractivity contribution in [2.24, 2.45) is 0 Å². The second kappa shape index (κ2) is 8.20. The summed E-state index contributed by atoms with van der Waals surface area (Å²) < 4.78 is 7.21. The van der Waals surface area contributed by atoms with Crippen molar-refractivity contribution in [2.75, 3.05) is 6.61 Å². The van der Waals surface area contributed by atoms with Crippen LogP contribution in [0.5, 0.6) is 5.75 Å². The first kappa shape index (κ1) is 20.9. The van der Waals surface area contributed by atoms with Gasteiger partial charge in [0.15, 0.2) is 0 Å². The van der Waals surface area contributed by atoms with Crippen LogP contribution in [-0.2, 0) is 0 Å². The maximum atomic E-state index is 6.14. The normalized spacial score (nSPS) is 17.1. The Morgan fingerprint density at radius 3 is 1.65 bits per heavy atom. The molecule has 31 heavy (non-hydrogen) atoms. The van der Waals surface area contributed by atoms with E-state index >= 15 is 0 Å². The van der Waals surface area contributed by atoms with E-state index in [1.807, 2.05) is 0 Å². The average molecular weight is 554 g/mol. The Morgan fingerprint density at radius 1 is 0.677 bits per heavy atom. The summed E-state index contributed by atoms with van der Waals surface area (Å²) in [6.45, 7) is 0.704. The molecule has 1 aliphatic heterocycles. The van der Waals surface area contributed by atoms with E-state index in [1.54, 1.807) is 0 Å². The first-order valence-electron chi connectivity index (χ1n) is 10.4. The van der Waals surface area contributed by atoms with Gasteiger partial charge in [-0.3, -0.25) is 0 Å². The summed E-state index contributed by atoms with van der Waals surface area (Å²) in [7, 11) is 0. The Bertz CT molecular complexity index is 1100. The van der Waals surface area contributed by atoms with Crippen LogP contribution in [-0.4, -0.2) is 6.61 Å². The number of hydrogen-bond donors (Lipinski definition) is 0. The van der Waals surface area contributed by atoms with Crippen LogP contribution >= 0.6 is 36.7 Å². The summed E-state index contributed by atoms with van der Waals surface area (Å²) in [4.78, 5) is 0. The molecule has 0 amide bonds. The molecule has 0 radical (unpaired) electrons. The van der Waals surface area contributed by atoms with Crippen molar-refractivity contribution in [3.63, 3.8) is 0 Å². The number of halogens is 2.